The summed E-state index contributed by atoms with van der Waals surface area (Å²) in [6, 6.07) is 2.34. The molecule has 0 aromatic heterocycles. The van der Waals surface area contributed by atoms with Crippen LogP contribution in [0.1, 0.15) is 6.92 Å². The van der Waals surface area contributed by atoms with Crippen molar-refractivity contribution in [1.82, 2.24) is 5.32 Å². The predicted molar refractivity (Wildman–Crippen MR) is 62.2 cm³/mol. The summed E-state index contributed by atoms with van der Waals surface area (Å²) in [4.78, 5) is 10.9. The van der Waals surface area contributed by atoms with E-state index >= 15 is 0 Å². The van der Waals surface area contributed by atoms with E-state index in [0.29, 0.717) is 6.54 Å². The van der Waals surface area contributed by atoms with Gasteiger partial charge < -0.3 is 10.4 Å². The van der Waals surface area contributed by atoms with Gasteiger partial charge in [0.25, 0.3) is 0 Å². The van der Waals surface area contributed by atoms with Crippen LogP contribution in [0.25, 0.3) is 0 Å². The average molecular weight is 261 g/mol. The summed E-state index contributed by atoms with van der Waals surface area (Å²) < 4.78 is 26.1. The molecule has 0 saturated carbocycles. The largest absolute Gasteiger partial charge is 0.480 e. The lowest BCUT2D eigenvalue weighted by atomic mass is 10.3. The molecular weight excluding hydrogens is 248 g/mol. The summed E-state index contributed by atoms with van der Waals surface area (Å²) in [5.41, 5.74) is 0. The maximum atomic E-state index is 13.3. The Bertz CT molecular complexity index is 401. The number of hydrogen-bond donors (Lipinski definition) is 2. The summed E-state index contributed by atoms with van der Waals surface area (Å²) >= 11 is 0.979. The molecule has 2 N–H and O–H groups in total. The Labute approximate surface area is 102 Å². The van der Waals surface area contributed by atoms with Crippen molar-refractivity contribution in [3.8, 4) is 0 Å². The van der Waals surface area contributed by atoms with Gasteiger partial charge in [0.15, 0.2) is 0 Å². The standard InChI is InChI=1S/C11H13F2NO2S/c1-2-14-9(11(15)16)6-17-10-5-7(12)3-4-8(10)13/h3-5,9,14H,2,6H2,1H3,(H,15,16). The van der Waals surface area contributed by atoms with Gasteiger partial charge in [-0.25, -0.2) is 8.78 Å². The van der Waals surface area contributed by atoms with E-state index in [1.54, 1.807) is 6.92 Å². The van der Waals surface area contributed by atoms with Crippen LogP contribution < -0.4 is 5.32 Å². The van der Waals surface area contributed by atoms with Crippen molar-refractivity contribution in [1.29, 1.82) is 0 Å². The number of carboxylic acids is 1. The highest BCUT2D eigenvalue weighted by Gasteiger charge is 2.17. The first kappa shape index (κ1) is 13.9. The minimum Gasteiger partial charge on any atom is -0.480 e. The highest BCUT2D eigenvalue weighted by Crippen LogP contribution is 2.23. The SMILES string of the molecule is CCNC(CSc1cc(F)ccc1F)C(=O)O. The number of likely N-dealkylation sites (N-methyl/N-ethyl adjacent to an activating group) is 1. The van der Waals surface area contributed by atoms with Crippen molar-refractivity contribution in [2.24, 2.45) is 0 Å². The van der Waals surface area contributed by atoms with E-state index in [1.807, 2.05) is 0 Å². The number of nitrogens with one attached hydrogen (secondary N) is 1. The number of aliphatic carboxylic acids is 1. The second-order valence-electron chi connectivity index (χ2n) is 3.33. The van der Waals surface area contributed by atoms with Gasteiger partial charge in [0, 0.05) is 10.6 Å². The zero-order valence-corrected chi connectivity index (χ0v) is 10.1. The molecule has 0 bridgehead atoms. The lowest BCUT2D eigenvalue weighted by Gasteiger charge is -2.12. The molecule has 1 rings (SSSR count). The predicted octanol–water partition coefficient (Wildman–Crippen LogP) is 2.12. The van der Waals surface area contributed by atoms with Crippen LogP contribution in [0.5, 0.6) is 0 Å². The smallest absolute Gasteiger partial charge is 0.321 e. The topological polar surface area (TPSA) is 49.3 Å². The fraction of sp³-hybridized carbons (Fsp3) is 0.364. The monoisotopic (exact) mass is 261 g/mol. The molecule has 0 spiro atoms. The van der Waals surface area contributed by atoms with Gasteiger partial charge in [-0.2, -0.15) is 0 Å². The van der Waals surface area contributed by atoms with Gasteiger partial charge in [-0.15, -0.1) is 11.8 Å². The molecule has 1 unspecified atom stereocenters. The van der Waals surface area contributed by atoms with Crippen LogP contribution in [0.2, 0.25) is 0 Å². The highest BCUT2D eigenvalue weighted by molar-refractivity contribution is 7.99. The number of hydrogen-bond acceptors (Lipinski definition) is 3. The van der Waals surface area contributed by atoms with Crippen molar-refractivity contribution in [2.45, 2.75) is 17.9 Å². The summed E-state index contributed by atoms with van der Waals surface area (Å²) in [5, 5.41) is 11.6. The second-order valence-corrected chi connectivity index (χ2v) is 4.40. The highest BCUT2D eigenvalue weighted by atomic mass is 32.2. The first-order valence-corrected chi connectivity index (χ1v) is 6.07. The molecule has 0 amide bonds. The van der Waals surface area contributed by atoms with Gasteiger partial charge >= 0.3 is 5.97 Å². The molecule has 1 aromatic carbocycles. The quantitative estimate of drug-likeness (QED) is 0.770. The van der Waals surface area contributed by atoms with E-state index in [0.717, 1.165) is 30.0 Å². The maximum Gasteiger partial charge on any atom is 0.321 e. The van der Waals surface area contributed by atoms with E-state index < -0.39 is 23.6 Å². The zero-order chi connectivity index (χ0) is 12.8. The van der Waals surface area contributed by atoms with Crippen LogP contribution in [0.3, 0.4) is 0 Å². The van der Waals surface area contributed by atoms with E-state index in [9.17, 15) is 13.6 Å². The van der Waals surface area contributed by atoms with Crippen molar-refractivity contribution >= 4 is 17.7 Å². The molecule has 0 aliphatic rings. The van der Waals surface area contributed by atoms with Crippen molar-refractivity contribution in [3.05, 3.63) is 29.8 Å². The van der Waals surface area contributed by atoms with Gasteiger partial charge in [0.2, 0.25) is 0 Å². The Balaban J connectivity index is 2.64. The Morgan fingerprint density at radius 3 is 2.82 bits per heavy atom. The van der Waals surface area contributed by atoms with Crippen molar-refractivity contribution in [2.75, 3.05) is 12.3 Å². The van der Waals surface area contributed by atoms with Gasteiger partial charge in [-0.3, -0.25) is 4.79 Å². The Morgan fingerprint density at radius 1 is 1.53 bits per heavy atom. The maximum absolute atomic E-state index is 13.3. The minimum absolute atomic E-state index is 0.120. The van der Waals surface area contributed by atoms with Gasteiger partial charge in [0.05, 0.1) is 0 Å². The summed E-state index contributed by atoms with van der Waals surface area (Å²) in [6.07, 6.45) is 0. The molecule has 0 heterocycles. The third kappa shape index (κ3) is 4.32. The molecular formula is C11H13F2NO2S. The van der Waals surface area contributed by atoms with Crippen LogP contribution in [-0.2, 0) is 4.79 Å². The third-order valence-electron chi connectivity index (χ3n) is 2.05. The lowest BCUT2D eigenvalue weighted by Crippen LogP contribution is -2.38. The number of carbonyl (C=O) groups is 1. The first-order chi connectivity index (χ1) is 8.04. The fourth-order valence-corrected chi connectivity index (χ4v) is 2.23. The number of thioether (sulfide) groups is 1. The summed E-state index contributed by atoms with van der Waals surface area (Å²) in [7, 11) is 0. The van der Waals surface area contributed by atoms with Crippen LogP contribution in [0, 0.1) is 11.6 Å². The number of rotatable bonds is 6. The Morgan fingerprint density at radius 2 is 2.24 bits per heavy atom. The lowest BCUT2D eigenvalue weighted by molar-refractivity contribution is -0.138. The molecule has 0 aliphatic carbocycles. The summed E-state index contributed by atoms with van der Waals surface area (Å²) in [6.45, 7) is 2.28. The molecule has 94 valence electrons. The molecule has 0 aliphatic heterocycles. The number of carboxylic acid groups (broad SMARTS) is 1. The molecule has 1 aromatic rings. The van der Waals surface area contributed by atoms with E-state index in [1.165, 1.54) is 0 Å². The summed E-state index contributed by atoms with van der Waals surface area (Å²) in [5.74, 6) is -1.94. The molecule has 0 fully saturated rings. The second kappa shape index (κ2) is 6.56. The van der Waals surface area contributed by atoms with Crippen LogP contribution in [0.15, 0.2) is 23.1 Å². The fourth-order valence-electron chi connectivity index (χ4n) is 1.22. The average Bonchev–Trinajstić information content (AvgIpc) is 2.28. The molecule has 0 saturated heterocycles. The molecule has 3 nitrogen and oxygen atoms in total. The minimum atomic E-state index is -1.00. The van der Waals surface area contributed by atoms with E-state index in [-0.39, 0.29) is 10.6 Å². The molecule has 17 heavy (non-hydrogen) atoms. The number of benzene rings is 1. The van der Waals surface area contributed by atoms with Gasteiger partial charge in [-0.05, 0) is 24.7 Å². The first-order valence-electron chi connectivity index (χ1n) is 5.08. The normalized spacial score (nSPS) is 12.4. The van der Waals surface area contributed by atoms with Crippen LogP contribution in [0.4, 0.5) is 8.78 Å². The van der Waals surface area contributed by atoms with E-state index in [2.05, 4.69) is 5.32 Å². The number of halogens is 2. The van der Waals surface area contributed by atoms with Crippen LogP contribution in [-0.4, -0.2) is 29.4 Å². The van der Waals surface area contributed by atoms with E-state index in [4.69, 9.17) is 5.11 Å². The van der Waals surface area contributed by atoms with Crippen molar-refractivity contribution < 1.29 is 18.7 Å². The van der Waals surface area contributed by atoms with Crippen LogP contribution >= 0.6 is 11.8 Å². The zero-order valence-electron chi connectivity index (χ0n) is 9.24. The Kier molecular flexibility index (Phi) is 5.37. The molecule has 0 radical (unpaired) electrons. The van der Waals surface area contributed by atoms with Crippen molar-refractivity contribution in [3.63, 3.8) is 0 Å². The van der Waals surface area contributed by atoms with Gasteiger partial charge in [-0.1, -0.05) is 6.92 Å². The molecule has 1 atom stereocenters. The van der Waals surface area contributed by atoms with Gasteiger partial charge in [0.1, 0.15) is 17.7 Å². The molecule has 6 heteroatoms. The third-order valence-corrected chi connectivity index (χ3v) is 3.17. The Hall–Kier alpha value is -1.14.